The number of benzene rings is 1. The summed E-state index contributed by atoms with van der Waals surface area (Å²) in [7, 11) is 1.34. The van der Waals surface area contributed by atoms with Crippen LogP contribution >= 0.6 is 11.3 Å². The van der Waals surface area contributed by atoms with Crippen LogP contribution in [0, 0.1) is 0 Å². The van der Waals surface area contributed by atoms with Gasteiger partial charge in [-0.05, 0) is 31.2 Å². The summed E-state index contributed by atoms with van der Waals surface area (Å²) >= 11 is 1.30. The molecule has 1 N–H and O–H groups in total. The number of amides is 1. The molecular formula is C15H14N4O3S. The molecule has 0 saturated heterocycles. The molecule has 3 rings (SSSR count). The van der Waals surface area contributed by atoms with Crippen LogP contribution in [0.4, 0.5) is 5.13 Å². The lowest BCUT2D eigenvalue weighted by Gasteiger charge is -2.03. The fourth-order valence-corrected chi connectivity index (χ4v) is 3.06. The lowest BCUT2D eigenvalue weighted by Crippen LogP contribution is -2.17. The van der Waals surface area contributed by atoms with Crippen LogP contribution in [0.25, 0.3) is 10.2 Å². The summed E-state index contributed by atoms with van der Waals surface area (Å²) in [6.45, 7) is 2.52. The highest BCUT2D eigenvalue weighted by atomic mass is 32.1. The second-order valence-electron chi connectivity index (χ2n) is 4.68. The first-order valence-electron chi connectivity index (χ1n) is 6.94. The molecular weight excluding hydrogens is 316 g/mol. The number of nitrogens with zero attached hydrogens (tertiary/aromatic N) is 3. The van der Waals surface area contributed by atoms with Crippen LogP contribution < -0.4 is 5.32 Å². The van der Waals surface area contributed by atoms with Gasteiger partial charge in [0.05, 0.1) is 22.9 Å². The van der Waals surface area contributed by atoms with Crippen molar-refractivity contribution >= 4 is 38.6 Å². The van der Waals surface area contributed by atoms with E-state index < -0.39 is 5.97 Å². The average molecular weight is 330 g/mol. The molecule has 7 nitrogen and oxygen atoms in total. The van der Waals surface area contributed by atoms with Gasteiger partial charge in [0.25, 0.3) is 5.91 Å². The van der Waals surface area contributed by atoms with E-state index >= 15 is 0 Å². The second kappa shape index (κ2) is 6.17. The van der Waals surface area contributed by atoms with Gasteiger partial charge in [-0.15, -0.1) is 0 Å². The number of carbonyl (C=O) groups is 2. The fourth-order valence-electron chi connectivity index (χ4n) is 2.16. The molecule has 0 aliphatic heterocycles. The lowest BCUT2D eigenvalue weighted by molar-refractivity contribution is 0.0601. The quantitative estimate of drug-likeness (QED) is 0.743. The standard InChI is InChI=1S/C15H14N4O3S/c1-3-19-11(6-7-16-19)13(20)18-15-17-10-5-4-9(14(21)22-2)8-12(10)23-15/h4-8H,3H2,1-2H3,(H,17,18,20). The predicted octanol–water partition coefficient (Wildman–Crippen LogP) is 2.55. The molecule has 0 spiro atoms. The van der Waals surface area contributed by atoms with Crippen molar-refractivity contribution in [3.63, 3.8) is 0 Å². The van der Waals surface area contributed by atoms with Gasteiger partial charge in [0, 0.05) is 12.7 Å². The number of methoxy groups -OCH3 is 1. The van der Waals surface area contributed by atoms with Gasteiger partial charge in [0.15, 0.2) is 5.13 Å². The van der Waals surface area contributed by atoms with Crippen LogP contribution in [-0.4, -0.2) is 33.8 Å². The molecule has 0 aliphatic carbocycles. The Kier molecular flexibility index (Phi) is 4.07. The fraction of sp³-hybridized carbons (Fsp3) is 0.200. The molecule has 118 valence electrons. The monoisotopic (exact) mass is 330 g/mol. The maximum atomic E-state index is 12.3. The first-order valence-corrected chi connectivity index (χ1v) is 7.76. The Morgan fingerprint density at radius 1 is 1.35 bits per heavy atom. The van der Waals surface area contributed by atoms with Crippen molar-refractivity contribution in [3.05, 3.63) is 41.7 Å². The highest BCUT2D eigenvalue weighted by Gasteiger charge is 2.14. The van der Waals surface area contributed by atoms with E-state index in [-0.39, 0.29) is 5.91 Å². The Hall–Kier alpha value is -2.74. The van der Waals surface area contributed by atoms with Crippen molar-refractivity contribution < 1.29 is 14.3 Å². The molecule has 0 unspecified atom stereocenters. The Labute approximate surface area is 135 Å². The van der Waals surface area contributed by atoms with E-state index in [0.29, 0.717) is 28.5 Å². The van der Waals surface area contributed by atoms with Crippen molar-refractivity contribution in [1.82, 2.24) is 14.8 Å². The summed E-state index contributed by atoms with van der Waals surface area (Å²) in [5.74, 6) is -0.672. The zero-order valence-electron chi connectivity index (χ0n) is 12.6. The summed E-state index contributed by atoms with van der Waals surface area (Å²) in [5, 5.41) is 7.30. The summed E-state index contributed by atoms with van der Waals surface area (Å²) in [5.41, 5.74) is 1.63. The van der Waals surface area contributed by atoms with E-state index in [1.165, 1.54) is 18.4 Å². The maximum Gasteiger partial charge on any atom is 0.337 e. The van der Waals surface area contributed by atoms with Crippen LogP contribution in [0.5, 0.6) is 0 Å². The van der Waals surface area contributed by atoms with Crippen molar-refractivity contribution in [2.75, 3.05) is 12.4 Å². The number of anilines is 1. The molecule has 2 heterocycles. The van der Waals surface area contributed by atoms with Crippen LogP contribution in [0.1, 0.15) is 27.8 Å². The van der Waals surface area contributed by atoms with Crippen LogP contribution in [0.15, 0.2) is 30.5 Å². The number of nitrogens with one attached hydrogen (secondary N) is 1. The third-order valence-corrected chi connectivity index (χ3v) is 4.21. The Morgan fingerprint density at radius 3 is 2.91 bits per heavy atom. The Bertz CT molecular complexity index is 884. The van der Waals surface area contributed by atoms with Gasteiger partial charge in [-0.1, -0.05) is 11.3 Å². The number of carbonyl (C=O) groups excluding carboxylic acids is 2. The van der Waals surface area contributed by atoms with E-state index in [0.717, 1.165) is 4.70 Å². The molecule has 0 fully saturated rings. The zero-order valence-corrected chi connectivity index (χ0v) is 13.4. The Morgan fingerprint density at radius 2 is 2.17 bits per heavy atom. The van der Waals surface area contributed by atoms with Crippen molar-refractivity contribution in [3.8, 4) is 0 Å². The largest absolute Gasteiger partial charge is 0.465 e. The predicted molar refractivity (Wildman–Crippen MR) is 86.8 cm³/mol. The van der Waals surface area contributed by atoms with Crippen LogP contribution in [0.3, 0.4) is 0 Å². The number of ether oxygens (including phenoxy) is 1. The first-order chi connectivity index (χ1) is 11.1. The van der Waals surface area contributed by atoms with Gasteiger partial charge in [-0.3, -0.25) is 14.8 Å². The molecule has 0 saturated carbocycles. The number of esters is 1. The highest BCUT2D eigenvalue weighted by Crippen LogP contribution is 2.27. The number of aryl methyl sites for hydroxylation is 1. The van der Waals surface area contributed by atoms with Gasteiger partial charge in [-0.2, -0.15) is 5.10 Å². The number of rotatable bonds is 4. The first kappa shape index (κ1) is 15.2. The summed E-state index contributed by atoms with van der Waals surface area (Å²) in [4.78, 5) is 28.2. The molecule has 8 heteroatoms. The maximum absolute atomic E-state index is 12.3. The smallest absolute Gasteiger partial charge is 0.337 e. The number of aromatic nitrogens is 3. The summed E-state index contributed by atoms with van der Waals surface area (Å²) in [6, 6.07) is 6.72. The minimum absolute atomic E-state index is 0.267. The van der Waals surface area contributed by atoms with Gasteiger partial charge < -0.3 is 4.74 Å². The van der Waals surface area contributed by atoms with E-state index in [2.05, 4.69) is 15.4 Å². The molecule has 0 aliphatic rings. The van der Waals surface area contributed by atoms with Gasteiger partial charge >= 0.3 is 5.97 Å². The number of fused-ring (bicyclic) bond motifs is 1. The molecule has 2 aromatic heterocycles. The van der Waals surface area contributed by atoms with E-state index in [1.54, 1.807) is 35.1 Å². The summed E-state index contributed by atoms with van der Waals surface area (Å²) in [6.07, 6.45) is 1.58. The number of hydrogen-bond acceptors (Lipinski definition) is 6. The average Bonchev–Trinajstić information content (AvgIpc) is 3.18. The molecule has 1 amide bonds. The molecule has 0 bridgehead atoms. The van der Waals surface area contributed by atoms with E-state index in [4.69, 9.17) is 4.74 Å². The second-order valence-corrected chi connectivity index (χ2v) is 5.71. The number of hydrogen-bond donors (Lipinski definition) is 1. The Balaban J connectivity index is 1.86. The highest BCUT2D eigenvalue weighted by molar-refractivity contribution is 7.22. The minimum Gasteiger partial charge on any atom is -0.465 e. The third kappa shape index (κ3) is 2.93. The van der Waals surface area contributed by atoms with Crippen molar-refractivity contribution in [1.29, 1.82) is 0 Å². The van der Waals surface area contributed by atoms with E-state index in [9.17, 15) is 9.59 Å². The molecule has 1 aromatic carbocycles. The SMILES string of the molecule is CCn1nccc1C(=O)Nc1nc2ccc(C(=O)OC)cc2s1. The topological polar surface area (TPSA) is 86.1 Å². The van der Waals surface area contributed by atoms with Crippen molar-refractivity contribution in [2.24, 2.45) is 0 Å². The van der Waals surface area contributed by atoms with Crippen molar-refractivity contribution in [2.45, 2.75) is 13.5 Å². The van der Waals surface area contributed by atoms with Gasteiger partial charge in [0.2, 0.25) is 0 Å². The summed E-state index contributed by atoms with van der Waals surface area (Å²) < 4.78 is 7.10. The van der Waals surface area contributed by atoms with Gasteiger partial charge in [-0.25, -0.2) is 9.78 Å². The number of thiazole rings is 1. The lowest BCUT2D eigenvalue weighted by atomic mass is 10.2. The van der Waals surface area contributed by atoms with Crippen LogP contribution in [-0.2, 0) is 11.3 Å². The zero-order chi connectivity index (χ0) is 16.4. The molecule has 0 radical (unpaired) electrons. The minimum atomic E-state index is -0.405. The van der Waals surface area contributed by atoms with Gasteiger partial charge in [0.1, 0.15) is 5.69 Å². The van der Waals surface area contributed by atoms with E-state index in [1.807, 2.05) is 6.92 Å². The normalized spacial score (nSPS) is 10.7. The third-order valence-electron chi connectivity index (χ3n) is 3.28. The molecule has 23 heavy (non-hydrogen) atoms. The molecule has 3 aromatic rings. The molecule has 0 atom stereocenters. The van der Waals surface area contributed by atoms with Crippen LogP contribution in [0.2, 0.25) is 0 Å².